The van der Waals surface area contributed by atoms with Gasteiger partial charge < -0.3 is 0 Å². The van der Waals surface area contributed by atoms with Crippen molar-refractivity contribution in [1.29, 1.82) is 0 Å². The molecule has 0 atom stereocenters. The van der Waals surface area contributed by atoms with Crippen LogP contribution in [0.3, 0.4) is 0 Å². The molecule has 21 heavy (non-hydrogen) atoms. The third kappa shape index (κ3) is 8.43. The Balaban J connectivity index is 0.000000562. The average Bonchev–Trinajstić information content (AvgIpc) is 3.03. The van der Waals surface area contributed by atoms with Crippen LogP contribution in [0.2, 0.25) is 19.6 Å². The molecule has 0 bridgehead atoms. The van der Waals surface area contributed by atoms with Crippen molar-refractivity contribution in [2.24, 2.45) is 0 Å². The molecule has 2 rings (SSSR count). The summed E-state index contributed by atoms with van der Waals surface area (Å²) in [5.41, 5.74) is 0. The van der Waals surface area contributed by atoms with Crippen molar-refractivity contribution in [2.75, 3.05) is 0 Å². The van der Waals surface area contributed by atoms with Crippen LogP contribution >= 0.6 is 0 Å². The van der Waals surface area contributed by atoms with Gasteiger partial charge in [0.1, 0.15) is 0 Å². The van der Waals surface area contributed by atoms with E-state index < -0.39 is 8.07 Å². The summed E-state index contributed by atoms with van der Waals surface area (Å²) in [4.78, 5) is 0. The maximum Gasteiger partial charge on any atom is 2.00 e. The van der Waals surface area contributed by atoms with Crippen molar-refractivity contribution in [1.82, 2.24) is 0 Å². The van der Waals surface area contributed by atoms with Gasteiger partial charge in [0.05, 0.1) is 8.07 Å². The van der Waals surface area contributed by atoms with Crippen LogP contribution in [0.4, 0.5) is 0 Å². The van der Waals surface area contributed by atoms with Gasteiger partial charge in [0.15, 0.2) is 0 Å². The van der Waals surface area contributed by atoms with Gasteiger partial charge in [-0.05, 0) is 76.0 Å². The second-order valence-corrected chi connectivity index (χ2v) is 11.3. The number of rotatable bonds is 5. The molecule has 112 valence electrons. The van der Waals surface area contributed by atoms with Crippen LogP contribution in [0.5, 0.6) is 0 Å². The van der Waals surface area contributed by atoms with Gasteiger partial charge in [0, 0.05) is 0 Å². The van der Waals surface area contributed by atoms with Crippen molar-refractivity contribution in [2.45, 2.75) is 32.5 Å². The molecule has 2 heteroatoms. The Morgan fingerprint density at radius 2 is 1.43 bits per heavy atom. The molecule has 2 fully saturated rings. The molecule has 0 unspecified atom stereocenters. The van der Waals surface area contributed by atoms with Gasteiger partial charge in [0.2, 0.25) is 0 Å². The molecule has 0 amide bonds. The van der Waals surface area contributed by atoms with Gasteiger partial charge in [-0.3, -0.25) is 0 Å². The van der Waals surface area contributed by atoms with E-state index in [1.54, 1.807) is 0 Å². The van der Waals surface area contributed by atoms with Crippen molar-refractivity contribution >= 4 is 8.07 Å². The predicted molar refractivity (Wildman–Crippen MR) is 92.8 cm³/mol. The summed E-state index contributed by atoms with van der Waals surface area (Å²) in [6.45, 7) is 15.1. The average molecular weight is 338 g/mol. The minimum absolute atomic E-state index is 0. The summed E-state index contributed by atoms with van der Waals surface area (Å²) in [6, 6.07) is 0. The second-order valence-electron chi connectivity index (χ2n) is 6.06. The van der Waals surface area contributed by atoms with E-state index in [0.29, 0.717) is 0 Å². The standard InChI is InChI=1S/C14H21Si.C5H5.Fe/c1-6-8-13-9-7-10-14(13)11-12(2)15(3,4)5;1-2-4-5-3-1;/h6-7,9-10H,1-2,8,11H2,3-5H3;1-5H;/q;;+2. The van der Waals surface area contributed by atoms with Crippen molar-refractivity contribution in [3.05, 3.63) is 87.6 Å². The smallest absolute Gasteiger partial charge is 0.104 e. The van der Waals surface area contributed by atoms with Crippen LogP contribution in [0.1, 0.15) is 12.8 Å². The van der Waals surface area contributed by atoms with Gasteiger partial charge in [-0.15, -0.1) is 13.2 Å². The monoisotopic (exact) mass is 338 g/mol. The van der Waals surface area contributed by atoms with E-state index in [-0.39, 0.29) is 17.1 Å². The van der Waals surface area contributed by atoms with E-state index in [1.165, 1.54) is 17.0 Å². The van der Waals surface area contributed by atoms with Crippen molar-refractivity contribution < 1.29 is 17.1 Å². The third-order valence-electron chi connectivity index (χ3n) is 3.39. The molecule has 2 aliphatic rings. The SMILES string of the molecule is C=CC[C]1[CH][CH][CH][C]1CC(=C)[Si](C)(C)C.[CH]1[CH][CH][CH][CH]1.[Fe+2]. The van der Waals surface area contributed by atoms with Gasteiger partial charge in [0.25, 0.3) is 0 Å². The van der Waals surface area contributed by atoms with E-state index in [4.69, 9.17) is 0 Å². The number of allylic oxidation sites excluding steroid dienone is 2. The molecule has 0 aliphatic heterocycles. The fourth-order valence-electron chi connectivity index (χ4n) is 1.84. The maximum absolute atomic E-state index is 4.24. The van der Waals surface area contributed by atoms with Crippen LogP contribution in [-0.4, -0.2) is 8.07 Å². The fraction of sp³-hybridized carbons (Fsp3) is 0.263. The van der Waals surface area contributed by atoms with Crippen LogP contribution in [0.15, 0.2) is 24.4 Å². The largest absolute Gasteiger partial charge is 2.00 e. The topological polar surface area (TPSA) is 0 Å². The molecule has 0 aromatic heterocycles. The molecular weight excluding hydrogens is 312 g/mol. The molecule has 0 aromatic carbocycles. The Hall–Kier alpha value is 0.216. The molecule has 2 saturated carbocycles. The normalized spacial score (nSPS) is 19.6. The molecule has 0 spiro atoms. The first-order valence-electron chi connectivity index (χ1n) is 7.14. The molecule has 0 N–H and O–H groups in total. The van der Waals surface area contributed by atoms with Crippen LogP contribution in [0.25, 0.3) is 0 Å². The van der Waals surface area contributed by atoms with Crippen molar-refractivity contribution in [3.8, 4) is 0 Å². The number of hydrogen-bond acceptors (Lipinski definition) is 0. The maximum atomic E-state index is 4.24. The van der Waals surface area contributed by atoms with Crippen LogP contribution in [-0.2, 0) is 17.1 Å². The summed E-state index contributed by atoms with van der Waals surface area (Å²) in [6.07, 6.45) is 20.5. The Labute approximate surface area is 145 Å². The molecule has 0 nitrogen and oxygen atoms in total. The predicted octanol–water partition coefficient (Wildman–Crippen LogP) is 5.18. The van der Waals surface area contributed by atoms with E-state index in [2.05, 4.69) is 52.1 Å². The third-order valence-corrected chi connectivity index (χ3v) is 5.69. The Bertz CT molecular complexity index is 292. The first-order valence-corrected chi connectivity index (χ1v) is 10.6. The van der Waals surface area contributed by atoms with Gasteiger partial charge in [-0.25, -0.2) is 0 Å². The van der Waals surface area contributed by atoms with E-state index >= 15 is 0 Å². The molecule has 0 aromatic rings. The number of hydrogen-bond donors (Lipinski definition) is 0. The van der Waals surface area contributed by atoms with Crippen LogP contribution < -0.4 is 0 Å². The summed E-state index contributed by atoms with van der Waals surface area (Å²) < 4.78 is 0. The van der Waals surface area contributed by atoms with Crippen molar-refractivity contribution in [3.63, 3.8) is 0 Å². The Morgan fingerprint density at radius 1 is 0.952 bits per heavy atom. The zero-order valence-corrected chi connectivity index (χ0v) is 15.5. The molecule has 0 saturated heterocycles. The van der Waals surface area contributed by atoms with Crippen LogP contribution in [0, 0.1) is 63.2 Å². The molecule has 2 aliphatic carbocycles. The van der Waals surface area contributed by atoms with Gasteiger partial charge in [-0.2, -0.15) is 0 Å². The Kier molecular flexibility index (Phi) is 11.0. The molecule has 0 heterocycles. The zero-order chi connectivity index (χ0) is 15.0. The summed E-state index contributed by atoms with van der Waals surface area (Å²) >= 11 is 0. The molecule has 10 radical (unpaired) electrons. The first-order chi connectivity index (χ1) is 9.45. The molecular formula is C19H26FeSi+2. The first kappa shape index (κ1) is 21.2. The Morgan fingerprint density at radius 3 is 1.86 bits per heavy atom. The van der Waals surface area contributed by atoms with Gasteiger partial charge in [-0.1, -0.05) is 30.9 Å². The summed E-state index contributed by atoms with van der Waals surface area (Å²) in [5, 5.41) is 1.43. The van der Waals surface area contributed by atoms with E-state index in [9.17, 15) is 0 Å². The van der Waals surface area contributed by atoms with E-state index in [0.717, 1.165) is 12.8 Å². The minimum atomic E-state index is -1.18. The van der Waals surface area contributed by atoms with E-state index in [1.807, 2.05) is 38.2 Å². The second kappa shape index (κ2) is 10.9. The quantitative estimate of drug-likeness (QED) is 0.479. The summed E-state index contributed by atoms with van der Waals surface area (Å²) in [7, 11) is -1.18. The van der Waals surface area contributed by atoms with Gasteiger partial charge >= 0.3 is 17.1 Å². The summed E-state index contributed by atoms with van der Waals surface area (Å²) in [5.74, 6) is 2.84. The zero-order valence-electron chi connectivity index (χ0n) is 13.4. The minimum Gasteiger partial charge on any atom is -0.104 e. The fourth-order valence-corrected chi connectivity index (χ4v) is 2.56.